The van der Waals surface area contributed by atoms with Crippen molar-refractivity contribution in [2.24, 2.45) is 0 Å². The quantitative estimate of drug-likeness (QED) is 0.576. The van der Waals surface area contributed by atoms with Crippen LogP contribution in [0.5, 0.6) is 5.75 Å². The van der Waals surface area contributed by atoms with Crippen LogP contribution in [0, 0.1) is 11.3 Å². The lowest BCUT2D eigenvalue weighted by Gasteiger charge is -2.03. The second-order valence-corrected chi connectivity index (χ2v) is 5.68. The zero-order chi connectivity index (χ0) is 17.4. The van der Waals surface area contributed by atoms with Crippen LogP contribution in [0.4, 0.5) is 0 Å². The summed E-state index contributed by atoms with van der Waals surface area (Å²) in [6, 6.07) is 17.0. The fourth-order valence-corrected chi connectivity index (χ4v) is 3.14. The molecule has 0 spiro atoms. The number of methoxy groups -OCH3 is 1. The van der Waals surface area contributed by atoms with Gasteiger partial charge in [0.05, 0.1) is 36.2 Å². The number of aromatic nitrogens is 1. The minimum atomic E-state index is -0.435. The number of hydrogen-bond acceptors (Lipinski definition) is 4. The number of nitrogens with zero attached hydrogens (tertiary/aromatic N) is 1. The maximum atomic E-state index is 12.5. The number of aromatic amines is 1. The smallest absolute Gasteiger partial charge is 0.346 e. The Labute approximate surface area is 143 Å². The van der Waals surface area contributed by atoms with E-state index in [0.717, 1.165) is 22.4 Å². The Balaban J connectivity index is 2.08. The van der Waals surface area contributed by atoms with Crippen molar-refractivity contribution in [3.63, 3.8) is 0 Å². The average molecular weight is 330 g/mol. The first-order valence-electron chi connectivity index (χ1n) is 7.80. The van der Waals surface area contributed by atoms with E-state index in [9.17, 15) is 10.1 Å². The van der Waals surface area contributed by atoms with Crippen molar-refractivity contribution in [1.29, 1.82) is 5.26 Å². The van der Waals surface area contributed by atoms with Crippen LogP contribution in [0.2, 0.25) is 0 Å². The van der Waals surface area contributed by atoms with Gasteiger partial charge in [-0.3, -0.25) is 0 Å². The number of nitrogens with one attached hydrogen (secondary N) is 1. The molecule has 0 saturated carbocycles. The molecule has 1 N–H and O–H groups in total. The van der Waals surface area contributed by atoms with Gasteiger partial charge in [0.15, 0.2) is 0 Å². The third-order valence-electron chi connectivity index (χ3n) is 4.30. The topological polar surface area (TPSA) is 79.0 Å². The lowest BCUT2D eigenvalue weighted by molar-refractivity contribution is 0.415. The van der Waals surface area contributed by atoms with Crippen LogP contribution in [-0.4, -0.2) is 12.1 Å². The molecule has 0 unspecified atom stereocenters. The summed E-state index contributed by atoms with van der Waals surface area (Å²) in [5.74, 6) is 0.742. The lowest BCUT2D eigenvalue weighted by atomic mass is 10.0. The SMILES string of the molecule is COc1ccc(-c2[nH]c3c(c2CC#N)c(=O)oc2ccccc23)cc1. The Morgan fingerprint density at radius 1 is 1.16 bits per heavy atom. The van der Waals surface area contributed by atoms with Crippen LogP contribution < -0.4 is 10.4 Å². The molecular formula is C20H14N2O3. The highest BCUT2D eigenvalue weighted by Gasteiger charge is 2.19. The van der Waals surface area contributed by atoms with Gasteiger partial charge in [-0.1, -0.05) is 12.1 Å². The number of benzene rings is 2. The summed E-state index contributed by atoms with van der Waals surface area (Å²) < 4.78 is 10.6. The largest absolute Gasteiger partial charge is 0.497 e. The van der Waals surface area contributed by atoms with Crippen LogP contribution in [0.15, 0.2) is 57.7 Å². The number of fused-ring (bicyclic) bond motifs is 3. The summed E-state index contributed by atoms with van der Waals surface area (Å²) >= 11 is 0. The first kappa shape index (κ1) is 15.0. The van der Waals surface area contributed by atoms with E-state index >= 15 is 0 Å². The molecule has 0 saturated heterocycles. The highest BCUT2D eigenvalue weighted by molar-refractivity contribution is 6.06. The van der Waals surface area contributed by atoms with Crippen molar-refractivity contribution in [3.05, 3.63) is 64.5 Å². The molecule has 0 fully saturated rings. The molecule has 0 aliphatic heterocycles. The summed E-state index contributed by atoms with van der Waals surface area (Å²) in [5.41, 5.74) is 3.07. The van der Waals surface area contributed by atoms with Crippen LogP contribution in [-0.2, 0) is 6.42 Å². The van der Waals surface area contributed by atoms with E-state index in [1.165, 1.54) is 0 Å². The third-order valence-corrected chi connectivity index (χ3v) is 4.30. The molecule has 0 aliphatic rings. The van der Waals surface area contributed by atoms with Crippen LogP contribution >= 0.6 is 0 Å². The van der Waals surface area contributed by atoms with Crippen LogP contribution in [0.25, 0.3) is 33.1 Å². The molecule has 2 heterocycles. The van der Waals surface area contributed by atoms with Gasteiger partial charge < -0.3 is 14.1 Å². The average Bonchev–Trinajstić information content (AvgIpc) is 3.02. The Morgan fingerprint density at radius 2 is 1.92 bits per heavy atom. The Bertz CT molecular complexity index is 1180. The summed E-state index contributed by atoms with van der Waals surface area (Å²) in [6.45, 7) is 0. The Morgan fingerprint density at radius 3 is 2.64 bits per heavy atom. The molecule has 0 amide bonds. The van der Waals surface area contributed by atoms with E-state index < -0.39 is 5.63 Å². The molecule has 2 aromatic carbocycles. The molecule has 5 heteroatoms. The summed E-state index contributed by atoms with van der Waals surface area (Å²) in [4.78, 5) is 15.9. The normalized spacial score (nSPS) is 10.9. The number of hydrogen-bond donors (Lipinski definition) is 1. The van der Waals surface area contributed by atoms with Gasteiger partial charge in [0.25, 0.3) is 0 Å². The molecule has 0 bridgehead atoms. The summed E-state index contributed by atoms with van der Waals surface area (Å²) in [6.07, 6.45) is 0.116. The Kier molecular flexibility index (Phi) is 3.51. The molecule has 4 aromatic rings. The van der Waals surface area contributed by atoms with Crippen molar-refractivity contribution < 1.29 is 9.15 Å². The molecule has 5 nitrogen and oxygen atoms in total. The zero-order valence-electron chi connectivity index (χ0n) is 13.5. The highest BCUT2D eigenvalue weighted by atomic mass is 16.5. The second-order valence-electron chi connectivity index (χ2n) is 5.68. The zero-order valence-corrected chi connectivity index (χ0v) is 13.5. The standard InChI is InChI=1S/C20H14N2O3/c1-24-13-8-6-12(7-9-13)18-15(10-11-21)17-19(22-18)14-4-2-3-5-16(14)25-20(17)23/h2-9,22H,10H2,1H3. The van der Waals surface area contributed by atoms with Gasteiger partial charge in [-0.15, -0.1) is 0 Å². The number of H-pyrrole nitrogens is 1. The van der Waals surface area contributed by atoms with E-state index in [-0.39, 0.29) is 6.42 Å². The highest BCUT2D eigenvalue weighted by Crippen LogP contribution is 2.33. The van der Waals surface area contributed by atoms with Crippen LogP contribution in [0.1, 0.15) is 5.56 Å². The molecule has 2 aromatic heterocycles. The molecule has 0 radical (unpaired) electrons. The molecule has 4 rings (SSSR count). The first-order valence-corrected chi connectivity index (χ1v) is 7.80. The van der Waals surface area contributed by atoms with Gasteiger partial charge in [-0.05, 0) is 42.0 Å². The number of rotatable bonds is 3. The summed E-state index contributed by atoms with van der Waals surface area (Å²) in [7, 11) is 1.61. The fourth-order valence-electron chi connectivity index (χ4n) is 3.14. The van der Waals surface area contributed by atoms with Gasteiger partial charge >= 0.3 is 5.63 Å². The maximum Gasteiger partial charge on any atom is 0.346 e. The molecular weight excluding hydrogens is 316 g/mol. The predicted molar refractivity (Wildman–Crippen MR) is 95.6 cm³/mol. The van der Waals surface area contributed by atoms with Crippen molar-refractivity contribution in [3.8, 4) is 23.1 Å². The van der Waals surface area contributed by atoms with E-state index in [0.29, 0.717) is 22.0 Å². The maximum absolute atomic E-state index is 12.5. The van der Waals surface area contributed by atoms with Gasteiger partial charge in [-0.25, -0.2) is 4.79 Å². The van der Waals surface area contributed by atoms with Crippen molar-refractivity contribution in [2.75, 3.05) is 7.11 Å². The van der Waals surface area contributed by atoms with Crippen molar-refractivity contribution in [1.82, 2.24) is 4.98 Å². The number of nitriles is 1. The van der Waals surface area contributed by atoms with Crippen molar-refractivity contribution >= 4 is 21.9 Å². The van der Waals surface area contributed by atoms with E-state index in [1.807, 2.05) is 42.5 Å². The molecule has 25 heavy (non-hydrogen) atoms. The molecule has 0 atom stereocenters. The number of para-hydroxylation sites is 1. The minimum absolute atomic E-state index is 0.116. The van der Waals surface area contributed by atoms with Gasteiger partial charge in [0, 0.05) is 10.9 Å². The van der Waals surface area contributed by atoms with Gasteiger partial charge in [0.1, 0.15) is 11.3 Å². The van der Waals surface area contributed by atoms with Gasteiger partial charge in [-0.2, -0.15) is 5.26 Å². The minimum Gasteiger partial charge on any atom is -0.497 e. The molecule has 0 aliphatic carbocycles. The van der Waals surface area contributed by atoms with E-state index in [1.54, 1.807) is 13.2 Å². The van der Waals surface area contributed by atoms with E-state index in [4.69, 9.17) is 9.15 Å². The van der Waals surface area contributed by atoms with Crippen LogP contribution in [0.3, 0.4) is 0 Å². The fraction of sp³-hybridized carbons (Fsp3) is 0.100. The second kappa shape index (κ2) is 5.84. The summed E-state index contributed by atoms with van der Waals surface area (Å²) in [5, 5.41) is 10.5. The third kappa shape index (κ3) is 2.36. The van der Waals surface area contributed by atoms with Crippen molar-refractivity contribution in [2.45, 2.75) is 6.42 Å². The predicted octanol–water partition coefficient (Wildman–Crippen LogP) is 4.02. The monoisotopic (exact) mass is 330 g/mol. The number of ether oxygens (including phenoxy) is 1. The first-order chi connectivity index (χ1) is 12.2. The Hall–Kier alpha value is -3.52. The van der Waals surface area contributed by atoms with E-state index in [2.05, 4.69) is 11.1 Å². The van der Waals surface area contributed by atoms with Gasteiger partial charge in [0.2, 0.25) is 0 Å². The molecule has 122 valence electrons. The lowest BCUT2D eigenvalue weighted by Crippen LogP contribution is -2.01.